The summed E-state index contributed by atoms with van der Waals surface area (Å²) in [5.74, 6) is 0. The van der Waals surface area contributed by atoms with Crippen molar-refractivity contribution in [3.05, 3.63) is 72.8 Å². The van der Waals surface area contributed by atoms with Gasteiger partial charge in [0.2, 0.25) is 0 Å². The minimum absolute atomic E-state index is 0.172. The van der Waals surface area contributed by atoms with E-state index in [4.69, 9.17) is 28.7 Å². The smallest absolute Gasteiger partial charge is 0.437 e. The van der Waals surface area contributed by atoms with Gasteiger partial charge in [-0.2, -0.15) is 0 Å². The molecule has 0 aliphatic heterocycles. The zero-order valence-electron chi connectivity index (χ0n) is 36.1. The monoisotopic (exact) mass is 875 g/mol. The fourth-order valence-electron chi connectivity index (χ4n) is 4.55. The van der Waals surface area contributed by atoms with E-state index in [1.807, 2.05) is 20.8 Å². The second kappa shape index (κ2) is 25.8. The van der Waals surface area contributed by atoms with E-state index in [2.05, 4.69) is 47.4 Å². The van der Waals surface area contributed by atoms with Crippen molar-refractivity contribution in [2.24, 2.45) is 20.9 Å². The van der Waals surface area contributed by atoms with Crippen molar-refractivity contribution < 1.29 is 57.5 Å². The first-order valence-corrected chi connectivity index (χ1v) is 19.8. The van der Waals surface area contributed by atoms with Crippen LogP contribution >= 0.6 is 0 Å². The van der Waals surface area contributed by atoms with E-state index >= 15 is 0 Å². The molecule has 0 saturated heterocycles. The highest BCUT2D eigenvalue weighted by Gasteiger charge is 2.34. The fourth-order valence-corrected chi connectivity index (χ4v) is 4.55. The molecule has 0 atom stereocenters. The quantitative estimate of drug-likeness (QED) is 0.0284. The van der Waals surface area contributed by atoms with E-state index in [1.54, 1.807) is 82.3 Å². The summed E-state index contributed by atoms with van der Waals surface area (Å²) in [7, 11) is 0. The molecule has 6 amide bonds. The van der Waals surface area contributed by atoms with E-state index in [1.165, 1.54) is 18.2 Å². The van der Waals surface area contributed by atoms with Crippen molar-refractivity contribution in [3.8, 4) is 0 Å². The Kier molecular flexibility index (Phi) is 20.3. The van der Waals surface area contributed by atoms with Crippen LogP contribution in [0.3, 0.4) is 0 Å². The zero-order valence-corrected chi connectivity index (χ0v) is 36.1. The molecule has 0 unspecified atom stereocenters. The van der Waals surface area contributed by atoms with Crippen molar-refractivity contribution in [1.82, 2.24) is 0 Å². The highest BCUT2D eigenvalue weighted by Crippen LogP contribution is 2.26. The molecule has 3 rings (SSSR count). The molecule has 0 fully saturated rings. The molecule has 6 N–H and O–H groups in total. The second-order valence-corrected chi connectivity index (χ2v) is 13.8. The van der Waals surface area contributed by atoms with Gasteiger partial charge in [0.15, 0.2) is 0 Å². The van der Waals surface area contributed by atoms with E-state index in [-0.39, 0.29) is 23.5 Å². The molecular formula is C42H53N9O12. The van der Waals surface area contributed by atoms with Crippen LogP contribution in [0, 0.1) is 5.41 Å². The normalized spacial score (nSPS) is 11.6. The lowest BCUT2D eigenvalue weighted by atomic mass is 9.88. The van der Waals surface area contributed by atoms with E-state index in [0.29, 0.717) is 53.5 Å². The number of nitrogens with one attached hydrogen (secondary N) is 6. The van der Waals surface area contributed by atoms with Crippen LogP contribution in [0.1, 0.15) is 74.1 Å². The van der Waals surface area contributed by atoms with Crippen LogP contribution in [-0.4, -0.2) is 73.5 Å². The number of benzene rings is 3. The number of hydrogen-bond donors (Lipinski definition) is 6. The number of nitrogens with zero attached hydrogens (tertiary/aromatic N) is 3. The maximum absolute atomic E-state index is 13.1. The van der Waals surface area contributed by atoms with Gasteiger partial charge in [0.1, 0.15) is 19.8 Å². The lowest BCUT2D eigenvalue weighted by Crippen LogP contribution is -2.40. The fraction of sp³-hybridized carbons (Fsp3) is 0.357. The summed E-state index contributed by atoms with van der Waals surface area (Å²) in [6, 6.07) is 18.4. The Morgan fingerprint density at radius 3 is 0.889 bits per heavy atom. The highest BCUT2D eigenvalue weighted by atomic mass is 16.7. The lowest BCUT2D eigenvalue weighted by molar-refractivity contribution is -0.0104. The number of carbonyl (C=O) groups excluding carboxylic acids is 6. The van der Waals surface area contributed by atoms with E-state index in [9.17, 15) is 28.8 Å². The van der Waals surface area contributed by atoms with Gasteiger partial charge >= 0.3 is 36.6 Å². The summed E-state index contributed by atoms with van der Waals surface area (Å²) in [5.41, 5.74) is 2.18. The molecule has 338 valence electrons. The molecular weight excluding hydrogens is 823 g/mol. The van der Waals surface area contributed by atoms with Gasteiger partial charge in [-0.3, -0.25) is 46.4 Å². The van der Waals surface area contributed by atoms with Gasteiger partial charge in [0.25, 0.3) is 0 Å². The van der Waals surface area contributed by atoms with Gasteiger partial charge in [0, 0.05) is 34.1 Å². The predicted molar refractivity (Wildman–Crippen MR) is 237 cm³/mol. The zero-order chi connectivity index (χ0) is 46.2. The number of oxime groups is 3. The number of amides is 6. The topological polar surface area (TPSA) is 267 Å². The Labute approximate surface area is 364 Å². The molecule has 0 heterocycles. The molecule has 0 saturated carbocycles. The van der Waals surface area contributed by atoms with Gasteiger partial charge < -0.3 is 14.2 Å². The van der Waals surface area contributed by atoms with Gasteiger partial charge in [-0.15, -0.1) is 0 Å². The average Bonchev–Trinajstić information content (AvgIpc) is 3.26. The summed E-state index contributed by atoms with van der Waals surface area (Å²) in [4.78, 5) is 90.2. The van der Waals surface area contributed by atoms with Gasteiger partial charge in [-0.25, -0.2) is 28.8 Å². The number of rotatable bonds is 19. The standard InChI is InChI=1S/C42H53N9O12/c1-8-27(5)49-61-39(55)46-33-18-12-15-30(21-33)43-36(52)58-24-42(11-4,25-59-37(53)44-31-16-13-19-34(22-31)47-40(56)62-50-28(6)9-2)26-60-38(54)45-32-17-14-20-35(23-32)48-41(57)63-51-29(7)10-3/h12-23H,8-11,24-26H2,1-7H3,(H,43,52)(H,44,53)(H,45,54)(H,46,55)(H,47,56)(H,48,57)/b49-27+,50-28+,51-29+. The maximum Gasteiger partial charge on any atom is 0.437 e. The molecule has 0 radical (unpaired) electrons. The largest absolute Gasteiger partial charge is 0.448 e. The van der Waals surface area contributed by atoms with Crippen LogP contribution in [0.5, 0.6) is 0 Å². The molecule has 3 aromatic carbocycles. The van der Waals surface area contributed by atoms with Crippen LogP contribution in [0.15, 0.2) is 88.3 Å². The van der Waals surface area contributed by atoms with E-state index < -0.39 is 61.8 Å². The first-order valence-electron chi connectivity index (χ1n) is 19.8. The summed E-state index contributed by atoms with van der Waals surface area (Å²) in [6.07, 6.45) is -3.29. The summed E-state index contributed by atoms with van der Waals surface area (Å²) >= 11 is 0. The molecule has 0 bridgehead atoms. The molecule has 63 heavy (non-hydrogen) atoms. The highest BCUT2D eigenvalue weighted by molar-refractivity contribution is 5.92. The third-order valence-corrected chi connectivity index (χ3v) is 8.73. The maximum atomic E-state index is 13.1. The van der Waals surface area contributed by atoms with Gasteiger partial charge in [-0.05, 0) is 101 Å². The van der Waals surface area contributed by atoms with Crippen LogP contribution in [-0.2, 0) is 28.7 Å². The molecule has 3 aromatic rings. The number of ether oxygens (including phenoxy) is 3. The van der Waals surface area contributed by atoms with Gasteiger partial charge in [0.05, 0.1) is 22.6 Å². The SMILES string of the molecule is CC/C(C)=N/OC(=O)Nc1cccc(NC(=O)OCC(CC)(COC(=O)Nc2cccc(NC(=O)O/N=C(\C)CC)c2)COC(=O)Nc2cccc(NC(=O)O/N=C(\C)CC)c2)c1. The van der Waals surface area contributed by atoms with Crippen LogP contribution in [0.2, 0.25) is 0 Å². The Morgan fingerprint density at radius 2 is 0.667 bits per heavy atom. The minimum Gasteiger partial charge on any atom is -0.448 e. The molecule has 0 aliphatic carbocycles. The molecule has 0 aliphatic rings. The second-order valence-electron chi connectivity index (χ2n) is 13.8. The molecule has 0 spiro atoms. The minimum atomic E-state index is -1.29. The number of carbonyl (C=O) groups is 6. The summed E-state index contributed by atoms with van der Waals surface area (Å²) < 4.78 is 16.7. The average molecular weight is 876 g/mol. The first kappa shape index (κ1) is 49.7. The Hall–Kier alpha value is -7.71. The van der Waals surface area contributed by atoms with E-state index in [0.717, 1.165) is 0 Å². The Balaban J connectivity index is 1.71. The van der Waals surface area contributed by atoms with Crippen molar-refractivity contribution in [2.75, 3.05) is 51.7 Å². The third-order valence-electron chi connectivity index (χ3n) is 8.73. The Morgan fingerprint density at radius 1 is 0.429 bits per heavy atom. The van der Waals surface area contributed by atoms with Crippen LogP contribution < -0.4 is 31.9 Å². The summed E-state index contributed by atoms with van der Waals surface area (Å²) in [5, 5.41) is 26.3. The third kappa shape index (κ3) is 19.0. The number of hydrogen-bond acceptors (Lipinski definition) is 15. The van der Waals surface area contributed by atoms with Crippen molar-refractivity contribution in [2.45, 2.75) is 74.1 Å². The van der Waals surface area contributed by atoms with Crippen molar-refractivity contribution in [1.29, 1.82) is 0 Å². The molecule has 0 aromatic heterocycles. The molecule has 21 nitrogen and oxygen atoms in total. The van der Waals surface area contributed by atoms with Crippen LogP contribution in [0.25, 0.3) is 0 Å². The Bertz CT molecular complexity index is 1920. The lowest BCUT2D eigenvalue weighted by Gasteiger charge is -2.31. The summed E-state index contributed by atoms with van der Waals surface area (Å²) in [6.45, 7) is 11.2. The van der Waals surface area contributed by atoms with Gasteiger partial charge in [-0.1, -0.05) is 61.4 Å². The molecule has 21 heteroatoms. The van der Waals surface area contributed by atoms with Crippen molar-refractivity contribution in [3.63, 3.8) is 0 Å². The predicted octanol–water partition coefficient (Wildman–Crippen LogP) is 10.1. The van der Waals surface area contributed by atoms with Crippen LogP contribution in [0.4, 0.5) is 62.9 Å². The first-order chi connectivity index (χ1) is 30.1. The number of anilines is 6. The van der Waals surface area contributed by atoms with Crippen molar-refractivity contribution >= 4 is 87.8 Å².